The summed E-state index contributed by atoms with van der Waals surface area (Å²) in [6.45, 7) is 6.00. The molecule has 0 N–H and O–H groups in total. The molecule has 0 heterocycles. The summed E-state index contributed by atoms with van der Waals surface area (Å²) in [6, 6.07) is 16.5. The van der Waals surface area contributed by atoms with Crippen LogP contribution in [0.2, 0.25) is 0 Å². The topological polar surface area (TPSA) is 51.0 Å². The SMILES string of the molecule is C=C(CCCCCC)C(=O)Oc1ccccc1N=Nc1ccccc1. The first-order valence-electron chi connectivity index (χ1n) is 8.66. The zero-order valence-electron chi connectivity index (χ0n) is 14.6. The van der Waals surface area contributed by atoms with Gasteiger partial charge in [0.15, 0.2) is 5.75 Å². The Balaban J connectivity index is 1.99. The molecule has 4 nitrogen and oxygen atoms in total. The lowest BCUT2D eigenvalue weighted by Crippen LogP contribution is -2.10. The number of para-hydroxylation sites is 1. The fourth-order valence-electron chi connectivity index (χ4n) is 2.27. The van der Waals surface area contributed by atoms with Crippen LogP contribution in [-0.4, -0.2) is 5.97 Å². The molecule has 0 fully saturated rings. The maximum absolute atomic E-state index is 12.2. The zero-order chi connectivity index (χ0) is 17.9. The lowest BCUT2D eigenvalue weighted by molar-refractivity contribution is -0.130. The number of hydrogen-bond donors (Lipinski definition) is 0. The van der Waals surface area contributed by atoms with Crippen molar-refractivity contribution in [1.82, 2.24) is 0 Å². The van der Waals surface area contributed by atoms with Crippen LogP contribution in [0.5, 0.6) is 5.75 Å². The van der Waals surface area contributed by atoms with Crippen molar-refractivity contribution in [3.8, 4) is 5.75 Å². The Kier molecular flexibility index (Phi) is 7.57. The molecule has 0 radical (unpaired) electrons. The van der Waals surface area contributed by atoms with E-state index in [0.29, 0.717) is 23.4 Å². The number of ether oxygens (including phenoxy) is 1. The van der Waals surface area contributed by atoms with Crippen molar-refractivity contribution in [2.45, 2.75) is 39.0 Å². The Labute approximate surface area is 149 Å². The predicted molar refractivity (Wildman–Crippen MR) is 101 cm³/mol. The molecule has 4 heteroatoms. The second kappa shape index (κ2) is 10.2. The van der Waals surface area contributed by atoms with Gasteiger partial charge in [0.2, 0.25) is 0 Å². The van der Waals surface area contributed by atoms with E-state index < -0.39 is 5.97 Å². The van der Waals surface area contributed by atoms with E-state index in [1.54, 1.807) is 18.2 Å². The van der Waals surface area contributed by atoms with Crippen molar-refractivity contribution in [2.24, 2.45) is 10.2 Å². The van der Waals surface area contributed by atoms with Crippen LogP contribution in [-0.2, 0) is 4.79 Å². The van der Waals surface area contributed by atoms with E-state index in [0.717, 1.165) is 24.9 Å². The van der Waals surface area contributed by atoms with E-state index in [2.05, 4.69) is 23.7 Å². The van der Waals surface area contributed by atoms with Crippen LogP contribution in [0.3, 0.4) is 0 Å². The standard InChI is InChI=1S/C21H24N2O2/c1-3-4-5-7-12-17(2)21(24)25-20-16-11-10-15-19(20)23-22-18-13-8-6-9-14-18/h6,8-11,13-16H,2-5,7,12H2,1H3. The van der Waals surface area contributed by atoms with E-state index in [-0.39, 0.29) is 0 Å². The Morgan fingerprint density at radius 1 is 0.960 bits per heavy atom. The molecule has 2 aromatic carbocycles. The Morgan fingerprint density at radius 2 is 1.68 bits per heavy atom. The summed E-state index contributed by atoms with van der Waals surface area (Å²) in [6.07, 6.45) is 5.05. The minimum absolute atomic E-state index is 0.391. The number of esters is 1. The first-order valence-corrected chi connectivity index (χ1v) is 8.66. The molecule has 0 spiro atoms. The van der Waals surface area contributed by atoms with Gasteiger partial charge in [-0.05, 0) is 37.1 Å². The summed E-state index contributed by atoms with van der Waals surface area (Å²) in [5.41, 5.74) is 1.74. The van der Waals surface area contributed by atoms with E-state index in [1.807, 2.05) is 36.4 Å². The van der Waals surface area contributed by atoms with Crippen molar-refractivity contribution >= 4 is 17.3 Å². The van der Waals surface area contributed by atoms with Crippen molar-refractivity contribution in [3.63, 3.8) is 0 Å². The fraction of sp³-hybridized carbons (Fsp3) is 0.286. The number of benzene rings is 2. The van der Waals surface area contributed by atoms with Gasteiger partial charge in [0.1, 0.15) is 5.69 Å². The molecule has 0 aliphatic rings. The van der Waals surface area contributed by atoms with E-state index in [4.69, 9.17) is 4.74 Å². The molecule has 2 aromatic rings. The summed E-state index contributed by atoms with van der Waals surface area (Å²) in [5.74, 6) is -0.0132. The Hall–Kier alpha value is -2.75. The normalized spacial score (nSPS) is 10.8. The molecule has 0 atom stereocenters. The van der Waals surface area contributed by atoms with Gasteiger partial charge in [0.25, 0.3) is 0 Å². The fourth-order valence-corrected chi connectivity index (χ4v) is 2.27. The van der Waals surface area contributed by atoms with E-state index in [9.17, 15) is 4.79 Å². The highest BCUT2D eigenvalue weighted by atomic mass is 16.5. The highest BCUT2D eigenvalue weighted by molar-refractivity contribution is 5.90. The lowest BCUT2D eigenvalue weighted by Gasteiger charge is -2.08. The molecule has 2 rings (SSSR count). The van der Waals surface area contributed by atoms with Gasteiger partial charge >= 0.3 is 5.97 Å². The summed E-state index contributed by atoms with van der Waals surface area (Å²) < 4.78 is 5.46. The molecule has 0 bridgehead atoms. The average molecular weight is 336 g/mol. The number of rotatable bonds is 9. The number of nitrogens with zero attached hydrogens (tertiary/aromatic N) is 2. The minimum Gasteiger partial charge on any atom is -0.421 e. The number of unbranched alkanes of at least 4 members (excludes halogenated alkanes) is 3. The molecule has 0 aromatic heterocycles. The number of carbonyl (C=O) groups is 1. The molecule has 0 amide bonds. The first-order chi connectivity index (χ1) is 12.2. The van der Waals surface area contributed by atoms with Crippen molar-refractivity contribution < 1.29 is 9.53 Å². The Morgan fingerprint density at radius 3 is 2.44 bits per heavy atom. The molecule has 0 saturated carbocycles. The first kappa shape index (κ1) is 18.6. The summed E-state index contributed by atoms with van der Waals surface area (Å²) in [5, 5.41) is 8.36. The third-order valence-electron chi connectivity index (χ3n) is 3.72. The van der Waals surface area contributed by atoms with Crippen LogP contribution in [0.4, 0.5) is 11.4 Å². The molecule has 0 saturated heterocycles. The van der Waals surface area contributed by atoms with Gasteiger partial charge in [-0.2, -0.15) is 5.11 Å². The summed E-state index contributed by atoms with van der Waals surface area (Å²) >= 11 is 0. The van der Waals surface area contributed by atoms with Crippen molar-refractivity contribution in [2.75, 3.05) is 0 Å². The number of carbonyl (C=O) groups excluding carboxylic acids is 1. The molecular formula is C21H24N2O2. The number of azo groups is 1. The predicted octanol–water partition coefficient (Wildman–Crippen LogP) is 6.53. The molecule has 130 valence electrons. The summed E-state index contributed by atoms with van der Waals surface area (Å²) in [7, 11) is 0. The molecule has 25 heavy (non-hydrogen) atoms. The van der Waals surface area contributed by atoms with Crippen LogP contribution < -0.4 is 4.74 Å². The van der Waals surface area contributed by atoms with Gasteiger partial charge in [-0.3, -0.25) is 0 Å². The average Bonchev–Trinajstić information content (AvgIpc) is 2.65. The second-order valence-corrected chi connectivity index (χ2v) is 5.81. The van der Waals surface area contributed by atoms with Gasteiger partial charge in [-0.1, -0.05) is 63.1 Å². The highest BCUT2D eigenvalue weighted by Gasteiger charge is 2.12. The number of hydrogen-bond acceptors (Lipinski definition) is 4. The van der Waals surface area contributed by atoms with Gasteiger partial charge in [-0.15, -0.1) is 5.11 Å². The van der Waals surface area contributed by atoms with Crippen LogP contribution in [0, 0.1) is 0 Å². The van der Waals surface area contributed by atoms with Crippen LogP contribution in [0.1, 0.15) is 39.0 Å². The van der Waals surface area contributed by atoms with Gasteiger partial charge in [-0.25, -0.2) is 4.79 Å². The van der Waals surface area contributed by atoms with Crippen LogP contribution in [0.15, 0.2) is 77.0 Å². The van der Waals surface area contributed by atoms with Crippen molar-refractivity contribution in [3.05, 3.63) is 66.7 Å². The van der Waals surface area contributed by atoms with Gasteiger partial charge in [0, 0.05) is 5.57 Å². The zero-order valence-corrected chi connectivity index (χ0v) is 14.6. The summed E-state index contributed by atoms with van der Waals surface area (Å²) in [4.78, 5) is 12.2. The van der Waals surface area contributed by atoms with E-state index in [1.165, 1.54) is 6.42 Å². The van der Waals surface area contributed by atoms with Crippen LogP contribution in [0.25, 0.3) is 0 Å². The van der Waals surface area contributed by atoms with Crippen LogP contribution >= 0.6 is 0 Å². The Bertz CT molecular complexity index is 724. The third kappa shape index (κ3) is 6.34. The molecule has 0 aliphatic carbocycles. The molecule has 0 aliphatic heterocycles. The third-order valence-corrected chi connectivity index (χ3v) is 3.72. The maximum atomic E-state index is 12.2. The monoisotopic (exact) mass is 336 g/mol. The highest BCUT2D eigenvalue weighted by Crippen LogP contribution is 2.29. The van der Waals surface area contributed by atoms with E-state index >= 15 is 0 Å². The largest absolute Gasteiger partial charge is 0.421 e. The van der Waals surface area contributed by atoms with Gasteiger partial charge < -0.3 is 4.74 Å². The van der Waals surface area contributed by atoms with Gasteiger partial charge in [0.05, 0.1) is 5.69 Å². The lowest BCUT2D eigenvalue weighted by atomic mass is 10.1. The smallest absolute Gasteiger partial charge is 0.338 e. The van der Waals surface area contributed by atoms with Crippen molar-refractivity contribution in [1.29, 1.82) is 0 Å². The molecule has 0 unspecified atom stereocenters. The molecular weight excluding hydrogens is 312 g/mol. The minimum atomic E-state index is -0.404. The maximum Gasteiger partial charge on any atom is 0.338 e. The second-order valence-electron chi connectivity index (χ2n) is 5.81. The quantitative estimate of drug-likeness (QED) is 0.172.